The molecule has 0 bridgehead atoms. The molecule has 0 amide bonds. The molecule has 9 heteroatoms. The Hall–Kier alpha value is -3.10. The van der Waals surface area contributed by atoms with Crippen molar-refractivity contribution in [2.24, 2.45) is 0 Å². The first-order chi connectivity index (χ1) is 33.6. The number of carbonyl (C=O) groups is 1. The Bertz CT molecular complexity index is 1510. The number of ether oxygens (including phenoxy) is 2. The highest BCUT2D eigenvalue weighted by Crippen LogP contribution is 2.38. The van der Waals surface area contributed by atoms with Crippen LogP contribution >= 0.6 is 7.82 Å². The van der Waals surface area contributed by atoms with Crippen molar-refractivity contribution in [3.8, 4) is 0 Å². The zero-order chi connectivity index (χ0) is 50.5. The number of likely N-dealkylation sites (N-methyl/N-ethyl adjacent to an activating group) is 1. The lowest BCUT2D eigenvalue weighted by molar-refractivity contribution is -0.870. The van der Waals surface area contributed by atoms with Crippen molar-refractivity contribution in [3.05, 3.63) is 122 Å². The molecular formula is C60H102NO7P. The summed E-state index contributed by atoms with van der Waals surface area (Å²) in [6, 6.07) is 0. The van der Waals surface area contributed by atoms with Crippen molar-refractivity contribution in [1.29, 1.82) is 0 Å². The fraction of sp³-hybridized carbons (Fsp3) is 0.650. The van der Waals surface area contributed by atoms with Crippen molar-refractivity contribution in [3.63, 3.8) is 0 Å². The summed E-state index contributed by atoms with van der Waals surface area (Å²) >= 11 is 0. The minimum Gasteiger partial charge on any atom is -0.756 e. The molecule has 0 rings (SSSR count). The maximum absolute atomic E-state index is 12.8. The number of hydrogen-bond donors (Lipinski definition) is 0. The van der Waals surface area contributed by atoms with Crippen LogP contribution in [0.25, 0.3) is 0 Å². The first-order valence-electron chi connectivity index (χ1n) is 27.3. The monoisotopic (exact) mass is 980 g/mol. The van der Waals surface area contributed by atoms with Gasteiger partial charge in [-0.3, -0.25) is 9.36 Å². The van der Waals surface area contributed by atoms with Crippen molar-refractivity contribution in [2.75, 3.05) is 54.1 Å². The highest BCUT2D eigenvalue weighted by Gasteiger charge is 2.20. The van der Waals surface area contributed by atoms with Gasteiger partial charge < -0.3 is 27.9 Å². The Morgan fingerprint density at radius 1 is 0.449 bits per heavy atom. The van der Waals surface area contributed by atoms with Crippen LogP contribution in [0.2, 0.25) is 0 Å². The first kappa shape index (κ1) is 65.9. The maximum atomic E-state index is 12.8. The van der Waals surface area contributed by atoms with E-state index in [0.29, 0.717) is 24.1 Å². The summed E-state index contributed by atoms with van der Waals surface area (Å²) in [5, 5.41) is 0. The van der Waals surface area contributed by atoms with Crippen molar-refractivity contribution < 1.29 is 37.3 Å². The molecule has 0 aliphatic rings. The number of rotatable bonds is 49. The SMILES string of the molecule is CC/C=C\C/C=C\C/C=C\C/C=C\C/C=C\CCCCCCCCCCOCC(COP(=O)([O-])OCC[N+](C)(C)C)OC(=O)CCCCCCCCC/C=C\C/C=C\C/C=C\C/C=C\C/C=C\CC. The van der Waals surface area contributed by atoms with Gasteiger partial charge in [-0.15, -0.1) is 0 Å². The number of nitrogens with zero attached hydrogens (tertiary/aromatic N) is 1. The number of phosphoric acid groups is 1. The quantitative estimate of drug-likeness (QED) is 0.0197. The molecule has 0 aliphatic heterocycles. The number of hydrogen-bond acceptors (Lipinski definition) is 7. The molecule has 0 N–H and O–H groups in total. The van der Waals surface area contributed by atoms with Gasteiger partial charge in [0.1, 0.15) is 19.3 Å². The molecule has 0 aromatic heterocycles. The second kappa shape index (κ2) is 51.3. The number of allylic oxidation sites excluding steroid dienone is 20. The van der Waals surface area contributed by atoms with Gasteiger partial charge in [0.15, 0.2) is 0 Å². The van der Waals surface area contributed by atoms with Crippen LogP contribution < -0.4 is 4.89 Å². The van der Waals surface area contributed by atoms with E-state index in [0.717, 1.165) is 122 Å². The van der Waals surface area contributed by atoms with Crippen LogP contribution in [-0.4, -0.2) is 70.7 Å². The number of unbranched alkanes of at least 4 members (excludes halogenated alkanes) is 15. The molecule has 0 radical (unpaired) electrons. The van der Waals surface area contributed by atoms with E-state index in [9.17, 15) is 14.3 Å². The molecule has 0 aliphatic carbocycles. The Balaban J connectivity index is 4.20. The number of phosphoric ester groups is 1. The summed E-state index contributed by atoms with van der Waals surface area (Å²) in [5.74, 6) is -0.353. The molecule has 0 heterocycles. The largest absolute Gasteiger partial charge is 0.756 e. The zero-order valence-corrected chi connectivity index (χ0v) is 45.6. The average molecular weight is 980 g/mol. The highest BCUT2D eigenvalue weighted by molar-refractivity contribution is 7.45. The normalized spacial score (nSPS) is 14.5. The third-order valence-electron chi connectivity index (χ3n) is 11.0. The van der Waals surface area contributed by atoms with Gasteiger partial charge in [0.2, 0.25) is 0 Å². The number of quaternary nitrogens is 1. The summed E-state index contributed by atoms with van der Waals surface area (Å²) in [7, 11) is 1.32. The lowest BCUT2D eigenvalue weighted by Crippen LogP contribution is -2.37. The van der Waals surface area contributed by atoms with Gasteiger partial charge in [-0.1, -0.05) is 206 Å². The summed E-state index contributed by atoms with van der Waals surface area (Å²) in [6.07, 6.45) is 73.7. The van der Waals surface area contributed by atoms with E-state index in [1.807, 2.05) is 21.1 Å². The Morgan fingerprint density at radius 3 is 1.19 bits per heavy atom. The van der Waals surface area contributed by atoms with Crippen molar-refractivity contribution >= 4 is 13.8 Å². The summed E-state index contributed by atoms with van der Waals surface area (Å²) < 4.78 is 34.8. The lowest BCUT2D eigenvalue weighted by atomic mass is 10.1. The fourth-order valence-electron chi connectivity index (χ4n) is 6.89. The van der Waals surface area contributed by atoms with Crippen LogP contribution in [0, 0.1) is 0 Å². The smallest absolute Gasteiger partial charge is 0.306 e. The van der Waals surface area contributed by atoms with Crippen LogP contribution in [0.3, 0.4) is 0 Å². The second-order valence-corrected chi connectivity index (χ2v) is 20.2. The predicted octanol–water partition coefficient (Wildman–Crippen LogP) is 16.6. The summed E-state index contributed by atoms with van der Waals surface area (Å²) in [6.45, 7) is 5.13. The van der Waals surface area contributed by atoms with Gasteiger partial charge >= 0.3 is 5.97 Å². The van der Waals surface area contributed by atoms with Gasteiger partial charge in [-0.25, -0.2) is 0 Å². The van der Waals surface area contributed by atoms with E-state index in [2.05, 4.69) is 135 Å². The van der Waals surface area contributed by atoms with Crippen LogP contribution in [0.4, 0.5) is 0 Å². The van der Waals surface area contributed by atoms with Gasteiger partial charge in [0, 0.05) is 13.0 Å². The topological polar surface area (TPSA) is 94.1 Å². The molecular weight excluding hydrogens is 878 g/mol. The fourth-order valence-corrected chi connectivity index (χ4v) is 7.62. The molecule has 8 nitrogen and oxygen atoms in total. The standard InChI is InChI=1S/C60H102NO7P/c1-6-8-10-12-14-16-18-20-22-24-26-28-30-32-34-36-38-40-42-44-46-48-50-52-55-65-57-59(58-67-69(63,64)66-56-54-61(3,4)5)68-60(62)53-51-49-47-45-43-41-39-37-35-33-31-29-27-25-23-21-19-17-15-13-11-9-7-2/h8-11,14-17,20-23,26-29,32-35,59H,6-7,12-13,18-19,24-25,30-31,36-58H2,1-5H3/b10-8-,11-9-,16-14-,17-15-,22-20-,23-21-,28-26-,29-27-,34-32-,35-33-. The zero-order valence-electron chi connectivity index (χ0n) is 44.7. The van der Waals surface area contributed by atoms with E-state index < -0.39 is 13.9 Å². The van der Waals surface area contributed by atoms with Crippen LogP contribution in [0.1, 0.15) is 194 Å². The Morgan fingerprint density at radius 2 is 0.797 bits per heavy atom. The summed E-state index contributed by atoms with van der Waals surface area (Å²) in [4.78, 5) is 25.2. The molecule has 0 saturated heterocycles. The molecule has 0 aromatic rings. The molecule has 394 valence electrons. The van der Waals surface area contributed by atoms with E-state index in [1.54, 1.807) is 0 Å². The summed E-state index contributed by atoms with van der Waals surface area (Å²) in [5.41, 5.74) is 0. The second-order valence-electron chi connectivity index (χ2n) is 18.8. The number of esters is 1. The average Bonchev–Trinajstić information content (AvgIpc) is 3.31. The van der Waals surface area contributed by atoms with Crippen LogP contribution in [-0.2, 0) is 27.9 Å². The minimum absolute atomic E-state index is 0.0145. The van der Waals surface area contributed by atoms with Gasteiger partial charge in [-0.05, 0) is 103 Å². The molecule has 0 spiro atoms. The Labute approximate surface area is 424 Å². The van der Waals surface area contributed by atoms with Gasteiger partial charge in [-0.2, -0.15) is 0 Å². The van der Waals surface area contributed by atoms with Crippen LogP contribution in [0.5, 0.6) is 0 Å². The van der Waals surface area contributed by atoms with Gasteiger partial charge in [0.25, 0.3) is 7.82 Å². The molecule has 0 saturated carbocycles. The van der Waals surface area contributed by atoms with E-state index >= 15 is 0 Å². The third-order valence-corrected chi connectivity index (χ3v) is 12.0. The molecule has 0 aromatic carbocycles. The minimum atomic E-state index is -4.55. The number of carbonyl (C=O) groups excluding carboxylic acids is 1. The van der Waals surface area contributed by atoms with Crippen molar-refractivity contribution in [2.45, 2.75) is 200 Å². The van der Waals surface area contributed by atoms with Crippen molar-refractivity contribution in [1.82, 2.24) is 0 Å². The maximum Gasteiger partial charge on any atom is 0.306 e. The first-order valence-corrected chi connectivity index (χ1v) is 28.7. The lowest BCUT2D eigenvalue weighted by Gasteiger charge is -2.28. The van der Waals surface area contributed by atoms with Gasteiger partial charge in [0.05, 0.1) is 34.4 Å². The van der Waals surface area contributed by atoms with E-state index in [-0.39, 0.29) is 25.8 Å². The molecule has 69 heavy (non-hydrogen) atoms. The van der Waals surface area contributed by atoms with E-state index in [4.69, 9.17) is 18.5 Å². The third kappa shape index (κ3) is 55.7. The molecule has 0 fully saturated rings. The molecule has 2 unspecified atom stereocenters. The van der Waals surface area contributed by atoms with E-state index in [1.165, 1.54) is 51.4 Å². The Kier molecular flexibility index (Phi) is 49.0. The molecule has 2 atom stereocenters. The predicted molar refractivity (Wildman–Crippen MR) is 295 cm³/mol. The van der Waals surface area contributed by atoms with Crippen LogP contribution in [0.15, 0.2) is 122 Å². The highest BCUT2D eigenvalue weighted by atomic mass is 31.2.